The molecule has 0 radical (unpaired) electrons. The van der Waals surface area contributed by atoms with E-state index in [1.165, 1.54) is 41.3 Å². The molecule has 202 valence electrons. The van der Waals surface area contributed by atoms with Crippen LogP contribution in [-0.2, 0) is 19.1 Å². The Morgan fingerprint density at radius 2 is 1.27 bits per heavy atom. The molecule has 0 unspecified atom stereocenters. The molecule has 1 N–H and O–H groups in total. The van der Waals surface area contributed by atoms with Gasteiger partial charge in [0.2, 0.25) is 11.8 Å². The molecule has 1 saturated heterocycles. The van der Waals surface area contributed by atoms with E-state index in [0.717, 1.165) is 22.3 Å². The van der Waals surface area contributed by atoms with E-state index in [1.807, 2.05) is 48.5 Å². The zero-order chi connectivity index (χ0) is 28.2. The van der Waals surface area contributed by atoms with E-state index in [0.29, 0.717) is 5.69 Å². The van der Waals surface area contributed by atoms with E-state index in [4.69, 9.17) is 4.74 Å². The Kier molecular flexibility index (Phi) is 5.78. The second-order valence-electron chi connectivity index (χ2n) is 10.5. The minimum atomic E-state index is -0.780. The molecule has 2 bridgehead atoms. The number of anilines is 2. The average Bonchev–Trinajstić information content (AvgIpc) is 3.27. The number of hydrogen-bond donors (Lipinski definition) is 1. The molecule has 8 heteroatoms. The summed E-state index contributed by atoms with van der Waals surface area (Å²) in [7, 11) is 0. The maximum Gasteiger partial charge on any atom is 0.338 e. The Hall–Kier alpha value is -5.11. The molecule has 2 atom stereocenters. The highest BCUT2D eigenvalue weighted by molar-refractivity contribution is 6.23. The van der Waals surface area contributed by atoms with Gasteiger partial charge in [0.15, 0.2) is 6.61 Å². The number of benzene rings is 4. The number of ether oxygens (including phenoxy) is 1. The molecule has 41 heavy (non-hydrogen) atoms. The van der Waals surface area contributed by atoms with Crippen molar-refractivity contribution in [1.29, 1.82) is 0 Å². The summed E-state index contributed by atoms with van der Waals surface area (Å²) in [6.45, 7) is -0.563. The summed E-state index contributed by atoms with van der Waals surface area (Å²) in [5.74, 6) is -3.93. The Morgan fingerprint density at radius 1 is 0.732 bits per heavy atom. The topological polar surface area (TPSA) is 92.8 Å². The van der Waals surface area contributed by atoms with E-state index < -0.39 is 36.1 Å². The van der Waals surface area contributed by atoms with E-state index in [9.17, 15) is 23.6 Å². The van der Waals surface area contributed by atoms with E-state index in [-0.39, 0.29) is 34.9 Å². The van der Waals surface area contributed by atoms with Crippen LogP contribution < -0.4 is 10.2 Å². The summed E-state index contributed by atoms with van der Waals surface area (Å²) >= 11 is 0. The largest absolute Gasteiger partial charge is 0.452 e. The molecule has 1 fully saturated rings. The van der Waals surface area contributed by atoms with Crippen molar-refractivity contribution in [3.8, 4) is 0 Å². The Labute approximate surface area is 234 Å². The zero-order valence-corrected chi connectivity index (χ0v) is 21.6. The quantitative estimate of drug-likeness (QED) is 0.280. The van der Waals surface area contributed by atoms with Crippen molar-refractivity contribution in [2.45, 2.75) is 11.8 Å². The lowest BCUT2D eigenvalue weighted by Crippen LogP contribution is -2.41. The fraction of sp³-hybridized carbons (Fsp3) is 0.152. The third-order valence-electron chi connectivity index (χ3n) is 8.25. The molecule has 1 aliphatic heterocycles. The molecular weight excluding hydrogens is 523 g/mol. The van der Waals surface area contributed by atoms with Gasteiger partial charge >= 0.3 is 5.97 Å². The molecule has 4 aromatic rings. The number of imide groups is 1. The van der Waals surface area contributed by atoms with Gasteiger partial charge in [0, 0.05) is 17.5 Å². The smallest absolute Gasteiger partial charge is 0.338 e. The monoisotopic (exact) mass is 546 g/mol. The minimum absolute atomic E-state index is 0.0992. The molecule has 7 nitrogen and oxygen atoms in total. The minimum Gasteiger partial charge on any atom is -0.452 e. The van der Waals surface area contributed by atoms with E-state index in [2.05, 4.69) is 5.32 Å². The molecule has 0 spiro atoms. The molecule has 4 aromatic carbocycles. The summed E-state index contributed by atoms with van der Waals surface area (Å²) in [5.41, 5.74) is 5.07. The van der Waals surface area contributed by atoms with Crippen LogP contribution in [0, 0.1) is 17.7 Å². The first kappa shape index (κ1) is 24.9. The van der Waals surface area contributed by atoms with Gasteiger partial charge in [-0.1, -0.05) is 54.6 Å². The van der Waals surface area contributed by atoms with Gasteiger partial charge < -0.3 is 10.1 Å². The molecule has 1 heterocycles. The summed E-state index contributed by atoms with van der Waals surface area (Å²) in [4.78, 5) is 54.1. The van der Waals surface area contributed by atoms with Gasteiger partial charge in [-0.05, 0) is 64.7 Å². The van der Waals surface area contributed by atoms with Crippen LogP contribution in [0.3, 0.4) is 0 Å². The van der Waals surface area contributed by atoms with E-state index >= 15 is 0 Å². The highest BCUT2D eigenvalue weighted by atomic mass is 19.1. The van der Waals surface area contributed by atoms with Crippen LogP contribution >= 0.6 is 0 Å². The second kappa shape index (κ2) is 9.52. The van der Waals surface area contributed by atoms with Gasteiger partial charge in [-0.2, -0.15) is 0 Å². The van der Waals surface area contributed by atoms with Gasteiger partial charge in [0.25, 0.3) is 5.91 Å². The SMILES string of the molecule is O=C(COC(=O)c1cccc(N2C(=O)[C@H]3C4c5ccccc5C(c5ccccc54)[C@@H]3C2=O)c1)Nc1ccc(F)cc1. The number of carbonyl (C=O) groups excluding carboxylic acids is 4. The van der Waals surface area contributed by atoms with Gasteiger partial charge in [-0.25, -0.2) is 14.1 Å². The summed E-state index contributed by atoms with van der Waals surface area (Å²) < 4.78 is 18.3. The molecule has 3 aliphatic carbocycles. The number of carbonyl (C=O) groups is 4. The molecule has 0 aromatic heterocycles. The van der Waals surface area contributed by atoms with Crippen LogP contribution in [0.25, 0.3) is 0 Å². The van der Waals surface area contributed by atoms with Crippen LogP contribution in [0.4, 0.5) is 15.8 Å². The second-order valence-corrected chi connectivity index (χ2v) is 10.5. The average molecular weight is 547 g/mol. The van der Waals surface area contributed by atoms with Gasteiger partial charge in [0.1, 0.15) is 5.82 Å². The number of hydrogen-bond acceptors (Lipinski definition) is 5. The third-order valence-corrected chi connectivity index (χ3v) is 8.25. The number of nitrogens with one attached hydrogen (secondary N) is 1. The number of amides is 3. The van der Waals surface area contributed by atoms with Crippen LogP contribution in [0.15, 0.2) is 97.1 Å². The molecule has 4 aliphatic rings. The van der Waals surface area contributed by atoms with Crippen molar-refractivity contribution in [3.63, 3.8) is 0 Å². The van der Waals surface area contributed by atoms with Crippen LogP contribution in [0.2, 0.25) is 0 Å². The summed E-state index contributed by atoms with van der Waals surface area (Å²) in [5, 5.41) is 2.52. The van der Waals surface area contributed by atoms with E-state index in [1.54, 1.807) is 12.1 Å². The van der Waals surface area contributed by atoms with Gasteiger partial charge in [-0.3, -0.25) is 14.4 Å². The first-order valence-electron chi connectivity index (χ1n) is 13.3. The van der Waals surface area contributed by atoms with Crippen molar-refractivity contribution in [1.82, 2.24) is 0 Å². The molecule has 3 amide bonds. The van der Waals surface area contributed by atoms with Crippen molar-refractivity contribution < 1.29 is 28.3 Å². The highest BCUT2D eigenvalue weighted by Gasteiger charge is 2.61. The van der Waals surface area contributed by atoms with Crippen molar-refractivity contribution in [2.24, 2.45) is 11.8 Å². The molecule has 0 saturated carbocycles. The maximum atomic E-state index is 14.0. The van der Waals surface area contributed by atoms with Crippen molar-refractivity contribution in [3.05, 3.63) is 131 Å². The van der Waals surface area contributed by atoms with Crippen molar-refractivity contribution >= 4 is 35.1 Å². The lowest BCUT2D eigenvalue weighted by atomic mass is 9.55. The first-order chi connectivity index (χ1) is 19.9. The zero-order valence-electron chi connectivity index (χ0n) is 21.6. The predicted molar refractivity (Wildman–Crippen MR) is 148 cm³/mol. The third kappa shape index (κ3) is 3.94. The molecule has 8 rings (SSSR count). The fourth-order valence-corrected chi connectivity index (χ4v) is 6.65. The Balaban J connectivity index is 1.13. The van der Waals surface area contributed by atoms with Crippen LogP contribution in [-0.4, -0.2) is 30.3 Å². The number of halogens is 1. The standard InChI is InChI=1S/C33H23FN2O5/c34-19-12-14-20(15-13-19)35-26(37)17-41-33(40)18-6-5-7-21(16-18)36-31(38)29-27-22-8-1-2-9-23(22)28(30(29)32(36)39)25-11-4-3-10-24(25)27/h1-16,27-30H,17H2,(H,35,37)/t27?,28?,29-,30-/m0/s1. The molecular formula is C33H23FN2O5. The van der Waals surface area contributed by atoms with Gasteiger partial charge in [0.05, 0.1) is 23.1 Å². The first-order valence-corrected chi connectivity index (χ1v) is 13.3. The summed E-state index contributed by atoms with van der Waals surface area (Å²) in [6.07, 6.45) is 0. The van der Waals surface area contributed by atoms with Crippen molar-refractivity contribution in [2.75, 3.05) is 16.8 Å². The number of nitrogens with zero attached hydrogens (tertiary/aromatic N) is 1. The normalized spacial score (nSPS) is 21.6. The Morgan fingerprint density at radius 3 is 1.80 bits per heavy atom. The number of esters is 1. The van der Waals surface area contributed by atoms with Crippen LogP contribution in [0.5, 0.6) is 0 Å². The highest BCUT2D eigenvalue weighted by Crippen LogP contribution is 2.61. The van der Waals surface area contributed by atoms with Gasteiger partial charge in [-0.15, -0.1) is 0 Å². The fourth-order valence-electron chi connectivity index (χ4n) is 6.65. The summed E-state index contributed by atoms with van der Waals surface area (Å²) in [6, 6.07) is 27.3. The number of rotatable bonds is 5. The lowest BCUT2D eigenvalue weighted by Gasteiger charge is -2.45. The maximum absolute atomic E-state index is 14.0. The Bertz CT molecular complexity index is 1640. The lowest BCUT2D eigenvalue weighted by molar-refractivity contribution is -0.122. The van der Waals surface area contributed by atoms with Crippen LogP contribution in [0.1, 0.15) is 44.4 Å². The predicted octanol–water partition coefficient (Wildman–Crippen LogP) is 5.02.